The van der Waals surface area contributed by atoms with Crippen LogP contribution in [0.3, 0.4) is 0 Å². The van der Waals surface area contributed by atoms with Gasteiger partial charge >= 0.3 is 0 Å². The van der Waals surface area contributed by atoms with E-state index in [-0.39, 0.29) is 30.6 Å². The van der Waals surface area contributed by atoms with E-state index < -0.39 is 71.7 Å². The third-order valence-electron chi connectivity index (χ3n) is 6.32. The zero-order chi connectivity index (χ0) is 33.8. The molecule has 0 aromatic heterocycles. The van der Waals surface area contributed by atoms with E-state index in [0.717, 1.165) is 5.92 Å². The second kappa shape index (κ2) is 17.1. The van der Waals surface area contributed by atoms with E-state index in [1.807, 2.05) is 0 Å². The SMILES string of the molecule is CC(C)C.COc1ccc(C(C)=O)cc1CC(=O)NCC(=O)NC(CC1CCNC1=O)C(=O)COc1c(F)c(F)cc(F)c1F. The first-order valence-electron chi connectivity index (χ1n) is 14.1. The predicted octanol–water partition coefficient (Wildman–Crippen LogP) is 3.43. The number of methoxy groups -OCH3 is 1. The van der Waals surface area contributed by atoms with Crippen molar-refractivity contribution in [2.24, 2.45) is 11.8 Å². The fourth-order valence-electron chi connectivity index (χ4n) is 4.14. The van der Waals surface area contributed by atoms with Gasteiger partial charge in [-0.2, -0.15) is 8.78 Å². The standard InChI is InChI=1S/C27H27F4N3O7.C4H10/c1-13(35)14-3-4-21(40-2)16(7-14)9-22(37)33-11-23(38)34-19(8-15-5-6-32-27(15)39)20(36)12-41-26-24(30)17(28)10-18(29)25(26)31;1-4(2)3/h3-4,7,10,15,19H,5-6,8-9,11-12H2,1-2H3,(H,32,39)(H,33,37)(H,34,38);4H,1-3H3. The molecule has 0 bridgehead atoms. The second-order valence-electron chi connectivity index (χ2n) is 11.0. The van der Waals surface area contributed by atoms with Gasteiger partial charge in [-0.3, -0.25) is 24.0 Å². The highest BCUT2D eigenvalue weighted by Crippen LogP contribution is 2.27. The Hall–Kier alpha value is -4.49. The molecule has 3 amide bonds. The number of hydrogen-bond donors (Lipinski definition) is 3. The number of Topliss-reactive ketones (excluding diaryl/α,β-unsaturated/α-hetero) is 2. The third-order valence-corrected chi connectivity index (χ3v) is 6.32. The molecule has 14 heteroatoms. The maximum Gasteiger partial charge on any atom is 0.239 e. The smallest absolute Gasteiger partial charge is 0.239 e. The second-order valence-corrected chi connectivity index (χ2v) is 11.0. The molecule has 1 heterocycles. The Bertz CT molecular complexity index is 1390. The Morgan fingerprint density at radius 1 is 1.00 bits per heavy atom. The minimum atomic E-state index is -1.85. The van der Waals surface area contributed by atoms with Crippen molar-refractivity contribution in [1.82, 2.24) is 16.0 Å². The number of carbonyl (C=O) groups is 5. The number of benzene rings is 2. The summed E-state index contributed by atoms with van der Waals surface area (Å²) in [5, 5.41) is 7.29. The summed E-state index contributed by atoms with van der Waals surface area (Å²) in [7, 11) is 1.39. The number of nitrogens with one attached hydrogen (secondary N) is 3. The van der Waals surface area contributed by atoms with Crippen molar-refractivity contribution in [3.8, 4) is 11.5 Å². The zero-order valence-electron chi connectivity index (χ0n) is 25.7. The van der Waals surface area contributed by atoms with Crippen LogP contribution in [0, 0.1) is 35.1 Å². The van der Waals surface area contributed by atoms with E-state index >= 15 is 0 Å². The van der Waals surface area contributed by atoms with Crippen LogP contribution < -0.4 is 25.4 Å². The summed E-state index contributed by atoms with van der Waals surface area (Å²) in [6, 6.07) is 3.13. The predicted molar refractivity (Wildman–Crippen MR) is 155 cm³/mol. The van der Waals surface area contributed by atoms with Crippen LogP contribution in [0.25, 0.3) is 0 Å². The Kier molecular flexibility index (Phi) is 14.0. The van der Waals surface area contributed by atoms with E-state index in [1.165, 1.54) is 32.2 Å². The summed E-state index contributed by atoms with van der Waals surface area (Å²) in [5.74, 6) is -11.1. The molecule has 0 spiro atoms. The molecule has 246 valence electrons. The lowest BCUT2D eigenvalue weighted by molar-refractivity contribution is -0.130. The molecule has 2 aromatic rings. The van der Waals surface area contributed by atoms with Gasteiger partial charge in [0.1, 0.15) is 12.4 Å². The number of hydrogen-bond acceptors (Lipinski definition) is 7. The molecule has 45 heavy (non-hydrogen) atoms. The van der Waals surface area contributed by atoms with E-state index in [1.54, 1.807) is 0 Å². The van der Waals surface area contributed by atoms with Crippen molar-refractivity contribution in [2.75, 3.05) is 26.8 Å². The van der Waals surface area contributed by atoms with Crippen molar-refractivity contribution < 1.29 is 51.0 Å². The Morgan fingerprint density at radius 3 is 2.16 bits per heavy atom. The van der Waals surface area contributed by atoms with Gasteiger partial charge in [0, 0.05) is 29.7 Å². The third kappa shape index (κ3) is 11.2. The number of amides is 3. The Labute approximate surface area is 258 Å². The molecule has 0 aliphatic carbocycles. The molecular weight excluding hydrogens is 602 g/mol. The van der Waals surface area contributed by atoms with Crippen LogP contribution in [0.5, 0.6) is 11.5 Å². The first-order chi connectivity index (χ1) is 21.1. The minimum Gasteiger partial charge on any atom is -0.496 e. The van der Waals surface area contributed by atoms with Crippen LogP contribution in [0.4, 0.5) is 17.6 Å². The molecule has 10 nitrogen and oxygen atoms in total. The molecule has 1 aliphatic rings. The average Bonchev–Trinajstić information content (AvgIpc) is 3.38. The molecule has 1 fully saturated rings. The highest BCUT2D eigenvalue weighted by Gasteiger charge is 2.32. The lowest BCUT2D eigenvalue weighted by Crippen LogP contribution is -2.48. The molecule has 1 saturated heterocycles. The number of ketones is 2. The van der Waals surface area contributed by atoms with Crippen LogP contribution >= 0.6 is 0 Å². The molecule has 2 aromatic carbocycles. The van der Waals surface area contributed by atoms with Crippen molar-refractivity contribution in [3.05, 3.63) is 58.7 Å². The summed E-state index contributed by atoms with van der Waals surface area (Å²) < 4.78 is 64.7. The van der Waals surface area contributed by atoms with Gasteiger partial charge in [-0.15, -0.1) is 0 Å². The fourth-order valence-corrected chi connectivity index (χ4v) is 4.14. The van der Waals surface area contributed by atoms with Crippen molar-refractivity contribution in [3.63, 3.8) is 0 Å². The van der Waals surface area contributed by atoms with Crippen LogP contribution in [-0.2, 0) is 25.6 Å². The van der Waals surface area contributed by atoms with Gasteiger partial charge in [0.25, 0.3) is 0 Å². The van der Waals surface area contributed by atoms with Gasteiger partial charge in [0.15, 0.2) is 29.0 Å². The van der Waals surface area contributed by atoms with Gasteiger partial charge in [-0.05, 0) is 43.9 Å². The van der Waals surface area contributed by atoms with E-state index in [4.69, 9.17) is 9.47 Å². The normalized spacial score (nSPS) is 14.5. The molecule has 1 aliphatic heterocycles. The first kappa shape index (κ1) is 36.7. The van der Waals surface area contributed by atoms with Crippen LogP contribution in [0.15, 0.2) is 24.3 Å². The maximum atomic E-state index is 13.9. The Balaban J connectivity index is 0.00000166. The molecule has 3 N–H and O–H groups in total. The number of halogens is 4. The summed E-state index contributed by atoms with van der Waals surface area (Å²) in [4.78, 5) is 61.6. The quantitative estimate of drug-likeness (QED) is 0.173. The molecule has 0 radical (unpaired) electrons. The minimum absolute atomic E-state index is 0.0223. The van der Waals surface area contributed by atoms with Crippen LogP contribution in [-0.4, -0.2) is 62.1 Å². The zero-order valence-corrected chi connectivity index (χ0v) is 25.7. The summed E-state index contributed by atoms with van der Waals surface area (Å²) in [6.45, 7) is 6.51. The van der Waals surface area contributed by atoms with Crippen molar-refractivity contribution in [1.29, 1.82) is 0 Å². The van der Waals surface area contributed by atoms with Crippen LogP contribution in [0.1, 0.15) is 56.5 Å². The lowest BCUT2D eigenvalue weighted by atomic mass is 9.96. The molecule has 2 unspecified atom stereocenters. The molecular formula is C31H37F4N3O7. The topological polar surface area (TPSA) is 140 Å². The summed E-state index contributed by atoms with van der Waals surface area (Å²) >= 11 is 0. The van der Waals surface area contributed by atoms with Gasteiger partial charge in [0.2, 0.25) is 29.4 Å². The van der Waals surface area contributed by atoms with E-state index in [2.05, 4.69) is 36.7 Å². The van der Waals surface area contributed by atoms with Gasteiger partial charge in [-0.1, -0.05) is 20.8 Å². The summed E-state index contributed by atoms with van der Waals surface area (Å²) in [5.41, 5.74) is 0.746. The number of ether oxygens (including phenoxy) is 2. The fraction of sp³-hybridized carbons (Fsp3) is 0.452. The van der Waals surface area contributed by atoms with E-state index in [9.17, 15) is 41.5 Å². The lowest BCUT2D eigenvalue weighted by Gasteiger charge is -2.20. The monoisotopic (exact) mass is 639 g/mol. The van der Waals surface area contributed by atoms with Gasteiger partial charge < -0.3 is 25.4 Å². The number of rotatable bonds is 13. The molecule has 3 rings (SSSR count). The van der Waals surface area contributed by atoms with Crippen molar-refractivity contribution in [2.45, 2.75) is 53.0 Å². The largest absolute Gasteiger partial charge is 0.496 e. The highest BCUT2D eigenvalue weighted by molar-refractivity contribution is 5.95. The average molecular weight is 640 g/mol. The number of carbonyl (C=O) groups excluding carboxylic acids is 5. The Morgan fingerprint density at radius 2 is 1.62 bits per heavy atom. The molecule has 2 atom stereocenters. The van der Waals surface area contributed by atoms with Crippen molar-refractivity contribution >= 4 is 29.3 Å². The van der Waals surface area contributed by atoms with E-state index in [0.29, 0.717) is 29.8 Å². The van der Waals surface area contributed by atoms with Crippen LogP contribution in [0.2, 0.25) is 0 Å². The van der Waals surface area contributed by atoms with Gasteiger partial charge in [-0.25, -0.2) is 8.78 Å². The van der Waals surface area contributed by atoms with Gasteiger partial charge in [0.05, 0.1) is 26.1 Å². The maximum absolute atomic E-state index is 13.9. The first-order valence-corrected chi connectivity index (χ1v) is 14.1. The molecule has 0 saturated carbocycles. The summed E-state index contributed by atoms with van der Waals surface area (Å²) in [6.07, 6.45) is -0.0990. The highest BCUT2D eigenvalue weighted by atomic mass is 19.2.